The number of nitrogens with one attached hydrogen (secondary N) is 3. The molecule has 0 fully saturated rings. The summed E-state index contributed by atoms with van der Waals surface area (Å²) >= 11 is 5.83. The SMILES string of the molecule is Cc1n[nH]c(C)c1NC(=O)Nc1cccc(Cl)c1C(=O)O. The van der Waals surface area contributed by atoms with Gasteiger partial charge >= 0.3 is 12.0 Å². The number of urea groups is 1. The lowest BCUT2D eigenvalue weighted by molar-refractivity contribution is 0.0698. The van der Waals surface area contributed by atoms with E-state index in [9.17, 15) is 9.59 Å². The molecule has 110 valence electrons. The van der Waals surface area contributed by atoms with E-state index in [1.165, 1.54) is 12.1 Å². The number of halogens is 1. The van der Waals surface area contributed by atoms with Crippen LogP contribution in [0.1, 0.15) is 21.7 Å². The minimum absolute atomic E-state index is 0.0518. The van der Waals surface area contributed by atoms with E-state index in [2.05, 4.69) is 20.8 Å². The van der Waals surface area contributed by atoms with E-state index in [1.54, 1.807) is 19.9 Å². The van der Waals surface area contributed by atoms with Crippen LogP contribution in [0.25, 0.3) is 0 Å². The first-order valence-electron chi connectivity index (χ1n) is 6.01. The van der Waals surface area contributed by atoms with Gasteiger partial charge in [0, 0.05) is 0 Å². The standard InChI is InChI=1S/C13H13ClN4O3/c1-6-11(7(2)18-17-6)16-13(21)15-9-5-3-4-8(14)10(9)12(19)20/h3-5H,1-2H3,(H,17,18)(H,19,20)(H2,15,16,21). The quantitative estimate of drug-likeness (QED) is 0.699. The average molecular weight is 309 g/mol. The molecule has 2 aromatic rings. The number of aromatic carboxylic acids is 1. The molecule has 21 heavy (non-hydrogen) atoms. The van der Waals surface area contributed by atoms with Crippen molar-refractivity contribution < 1.29 is 14.7 Å². The lowest BCUT2D eigenvalue weighted by atomic mass is 10.2. The second kappa shape index (κ2) is 5.84. The summed E-state index contributed by atoms with van der Waals surface area (Å²) in [7, 11) is 0. The van der Waals surface area contributed by atoms with Crippen molar-refractivity contribution >= 4 is 35.0 Å². The number of aromatic nitrogens is 2. The van der Waals surface area contributed by atoms with Crippen molar-refractivity contribution in [3.8, 4) is 0 Å². The predicted octanol–water partition coefficient (Wildman–Crippen LogP) is 3.02. The lowest BCUT2D eigenvalue weighted by Gasteiger charge is -2.11. The van der Waals surface area contributed by atoms with E-state index >= 15 is 0 Å². The van der Waals surface area contributed by atoms with Gasteiger partial charge in [-0.15, -0.1) is 0 Å². The van der Waals surface area contributed by atoms with E-state index in [1.807, 2.05) is 0 Å². The fourth-order valence-electron chi connectivity index (χ4n) is 1.85. The van der Waals surface area contributed by atoms with E-state index in [0.717, 1.165) is 0 Å². The summed E-state index contributed by atoms with van der Waals surface area (Å²) in [5.41, 5.74) is 1.84. The van der Waals surface area contributed by atoms with Crippen molar-refractivity contribution in [1.82, 2.24) is 10.2 Å². The Morgan fingerprint density at radius 1 is 1.29 bits per heavy atom. The number of nitrogens with zero attached hydrogens (tertiary/aromatic N) is 1. The van der Waals surface area contributed by atoms with Crippen LogP contribution >= 0.6 is 11.6 Å². The van der Waals surface area contributed by atoms with Crippen molar-refractivity contribution in [3.63, 3.8) is 0 Å². The molecular weight excluding hydrogens is 296 g/mol. The second-order valence-electron chi connectivity index (χ2n) is 4.36. The molecule has 0 aliphatic carbocycles. The highest BCUT2D eigenvalue weighted by molar-refractivity contribution is 6.34. The maximum Gasteiger partial charge on any atom is 0.339 e. The van der Waals surface area contributed by atoms with Crippen molar-refractivity contribution in [2.75, 3.05) is 10.6 Å². The van der Waals surface area contributed by atoms with Crippen LogP contribution in [0, 0.1) is 13.8 Å². The molecule has 0 radical (unpaired) electrons. The summed E-state index contributed by atoms with van der Waals surface area (Å²) in [6, 6.07) is 3.88. The summed E-state index contributed by atoms with van der Waals surface area (Å²) in [6.45, 7) is 3.50. The summed E-state index contributed by atoms with van der Waals surface area (Å²) < 4.78 is 0. The maximum absolute atomic E-state index is 12.0. The first-order chi connectivity index (χ1) is 9.90. The number of aryl methyl sites for hydroxylation is 2. The van der Waals surface area contributed by atoms with Crippen molar-refractivity contribution in [2.45, 2.75) is 13.8 Å². The average Bonchev–Trinajstić information content (AvgIpc) is 2.70. The zero-order valence-corrected chi connectivity index (χ0v) is 12.1. The van der Waals surface area contributed by atoms with Crippen molar-refractivity contribution in [1.29, 1.82) is 0 Å². The maximum atomic E-state index is 12.0. The summed E-state index contributed by atoms with van der Waals surface area (Å²) in [5, 5.41) is 21.0. The number of carbonyl (C=O) groups is 2. The van der Waals surface area contributed by atoms with Gasteiger partial charge in [0.05, 0.1) is 27.8 Å². The van der Waals surface area contributed by atoms with Crippen LogP contribution < -0.4 is 10.6 Å². The third kappa shape index (κ3) is 3.14. The monoisotopic (exact) mass is 308 g/mol. The predicted molar refractivity (Wildman–Crippen MR) is 79.1 cm³/mol. The number of benzene rings is 1. The van der Waals surface area contributed by atoms with Crippen LogP contribution in [0.15, 0.2) is 18.2 Å². The van der Waals surface area contributed by atoms with Gasteiger partial charge < -0.3 is 15.7 Å². The Bertz CT molecular complexity index is 692. The number of aromatic amines is 1. The molecule has 1 heterocycles. The first-order valence-corrected chi connectivity index (χ1v) is 6.39. The Labute approximate surface area is 125 Å². The summed E-state index contributed by atoms with van der Waals surface area (Å²) in [4.78, 5) is 23.1. The van der Waals surface area contributed by atoms with Gasteiger partial charge in [0.1, 0.15) is 5.56 Å². The van der Waals surface area contributed by atoms with E-state index < -0.39 is 12.0 Å². The Kier molecular flexibility index (Phi) is 4.13. The number of H-pyrrole nitrogens is 1. The Hall–Kier alpha value is -2.54. The third-order valence-corrected chi connectivity index (χ3v) is 3.16. The number of hydrogen-bond acceptors (Lipinski definition) is 3. The number of rotatable bonds is 3. The van der Waals surface area contributed by atoms with Crippen LogP contribution in [0.4, 0.5) is 16.2 Å². The third-order valence-electron chi connectivity index (χ3n) is 2.84. The molecule has 0 atom stereocenters. The van der Waals surface area contributed by atoms with Crippen LogP contribution in [0.2, 0.25) is 5.02 Å². The summed E-state index contributed by atoms with van der Waals surface area (Å²) in [5.74, 6) is -1.22. The Balaban J connectivity index is 2.21. The molecule has 0 saturated carbocycles. The number of carboxylic acid groups (broad SMARTS) is 1. The van der Waals surface area contributed by atoms with Gasteiger partial charge in [0.25, 0.3) is 0 Å². The van der Waals surface area contributed by atoms with Gasteiger partial charge in [-0.2, -0.15) is 5.10 Å². The molecule has 0 aliphatic heterocycles. The van der Waals surface area contributed by atoms with Gasteiger partial charge in [-0.1, -0.05) is 17.7 Å². The topological polar surface area (TPSA) is 107 Å². The molecule has 1 aromatic carbocycles. The Morgan fingerprint density at radius 3 is 2.57 bits per heavy atom. The van der Waals surface area contributed by atoms with E-state index in [0.29, 0.717) is 17.1 Å². The van der Waals surface area contributed by atoms with Gasteiger partial charge in [0.15, 0.2) is 0 Å². The molecule has 0 unspecified atom stereocenters. The van der Waals surface area contributed by atoms with Crippen molar-refractivity contribution in [2.24, 2.45) is 0 Å². The fraction of sp³-hybridized carbons (Fsp3) is 0.154. The van der Waals surface area contributed by atoms with E-state index in [-0.39, 0.29) is 16.3 Å². The smallest absolute Gasteiger partial charge is 0.339 e. The molecule has 0 saturated heterocycles. The van der Waals surface area contributed by atoms with E-state index in [4.69, 9.17) is 16.7 Å². The first kappa shape index (κ1) is 14.9. The number of carboxylic acids is 1. The molecular formula is C13H13ClN4O3. The highest BCUT2D eigenvalue weighted by Crippen LogP contribution is 2.25. The zero-order chi connectivity index (χ0) is 15.6. The lowest BCUT2D eigenvalue weighted by Crippen LogP contribution is -2.21. The normalized spacial score (nSPS) is 10.2. The molecule has 0 aliphatic rings. The number of carbonyl (C=O) groups excluding carboxylic acids is 1. The largest absolute Gasteiger partial charge is 0.478 e. The van der Waals surface area contributed by atoms with Gasteiger partial charge in [0.2, 0.25) is 0 Å². The van der Waals surface area contributed by atoms with Gasteiger partial charge in [-0.25, -0.2) is 9.59 Å². The van der Waals surface area contributed by atoms with Crippen molar-refractivity contribution in [3.05, 3.63) is 40.2 Å². The Morgan fingerprint density at radius 2 is 2.00 bits per heavy atom. The molecule has 2 rings (SSSR count). The fourth-order valence-corrected chi connectivity index (χ4v) is 2.10. The number of amides is 2. The second-order valence-corrected chi connectivity index (χ2v) is 4.76. The molecule has 1 aromatic heterocycles. The molecule has 7 nitrogen and oxygen atoms in total. The molecule has 4 N–H and O–H groups in total. The zero-order valence-electron chi connectivity index (χ0n) is 11.3. The highest BCUT2D eigenvalue weighted by atomic mass is 35.5. The highest BCUT2D eigenvalue weighted by Gasteiger charge is 2.17. The molecule has 8 heteroatoms. The summed E-state index contributed by atoms with van der Waals surface area (Å²) in [6.07, 6.45) is 0. The van der Waals surface area contributed by atoms with Crippen LogP contribution in [0.5, 0.6) is 0 Å². The minimum Gasteiger partial charge on any atom is -0.478 e. The number of anilines is 2. The van der Waals surface area contributed by atoms with Crippen LogP contribution in [-0.2, 0) is 0 Å². The van der Waals surface area contributed by atoms with Crippen LogP contribution in [-0.4, -0.2) is 27.3 Å². The molecule has 2 amide bonds. The van der Waals surface area contributed by atoms with Gasteiger partial charge in [-0.05, 0) is 26.0 Å². The van der Waals surface area contributed by atoms with Crippen LogP contribution in [0.3, 0.4) is 0 Å². The minimum atomic E-state index is -1.22. The van der Waals surface area contributed by atoms with Gasteiger partial charge in [-0.3, -0.25) is 5.10 Å². The molecule has 0 spiro atoms. The number of hydrogen-bond donors (Lipinski definition) is 4. The molecule has 0 bridgehead atoms.